The Morgan fingerprint density at radius 2 is 2.15 bits per heavy atom. The summed E-state index contributed by atoms with van der Waals surface area (Å²) in [7, 11) is 3.00. The van der Waals surface area contributed by atoms with E-state index in [0.717, 1.165) is 18.2 Å². The fraction of sp³-hybridized carbons (Fsp3) is 0.500. The molecule has 0 aliphatic heterocycles. The summed E-state index contributed by atoms with van der Waals surface area (Å²) < 4.78 is 31.1. The minimum Gasteiger partial charge on any atom is -0.389 e. The van der Waals surface area contributed by atoms with E-state index >= 15 is 0 Å². The lowest BCUT2D eigenvalue weighted by atomic mass is 10.1. The number of benzene rings is 1. The van der Waals surface area contributed by atoms with Gasteiger partial charge < -0.3 is 14.7 Å². The maximum atomic E-state index is 13.4. The van der Waals surface area contributed by atoms with Gasteiger partial charge in [0.15, 0.2) is 0 Å². The largest absolute Gasteiger partial charge is 0.389 e. The van der Waals surface area contributed by atoms with E-state index in [9.17, 15) is 18.7 Å². The van der Waals surface area contributed by atoms with Crippen LogP contribution in [0.2, 0.25) is 0 Å². The number of likely N-dealkylation sites (N-methyl/N-ethyl adjacent to an activating group) is 1. The van der Waals surface area contributed by atoms with Crippen molar-refractivity contribution in [2.45, 2.75) is 18.9 Å². The number of amides is 1. The molecule has 0 aliphatic rings. The number of carbonyl (C=O) groups is 1. The van der Waals surface area contributed by atoms with Crippen LogP contribution in [-0.2, 0) is 16.0 Å². The molecular formula is C14H19F2NO3. The zero-order chi connectivity index (χ0) is 15.1. The molecule has 1 N–H and O–H groups in total. The molecule has 0 aromatic heterocycles. The van der Waals surface area contributed by atoms with E-state index in [-0.39, 0.29) is 37.5 Å². The molecule has 112 valence electrons. The molecule has 0 fully saturated rings. The van der Waals surface area contributed by atoms with Crippen molar-refractivity contribution in [3.05, 3.63) is 35.4 Å². The summed E-state index contributed by atoms with van der Waals surface area (Å²) in [6.45, 7) is 0.272. The predicted octanol–water partition coefficient (Wildman–Crippen LogP) is 1.36. The fourth-order valence-electron chi connectivity index (χ4n) is 1.83. The van der Waals surface area contributed by atoms with Crippen LogP contribution >= 0.6 is 0 Å². The lowest BCUT2D eigenvalue weighted by molar-refractivity contribution is -0.131. The van der Waals surface area contributed by atoms with Gasteiger partial charge in [-0.25, -0.2) is 8.78 Å². The number of ether oxygens (including phenoxy) is 1. The number of methoxy groups -OCH3 is 1. The maximum absolute atomic E-state index is 13.4. The Balaban J connectivity index is 2.48. The van der Waals surface area contributed by atoms with Crippen LogP contribution in [0.1, 0.15) is 12.0 Å². The van der Waals surface area contributed by atoms with Crippen molar-refractivity contribution in [1.29, 1.82) is 0 Å². The minimum absolute atomic E-state index is 0.0522. The quantitative estimate of drug-likeness (QED) is 0.824. The third-order valence-electron chi connectivity index (χ3n) is 2.89. The standard InChI is InChI=1S/C14H19F2NO3/c1-17(8-12(18)9-20-2)14(19)6-3-10-7-11(15)4-5-13(10)16/h4-5,7,12,18H,3,6,8-9H2,1-2H3. The molecule has 0 aliphatic carbocycles. The molecule has 0 radical (unpaired) electrons. The molecule has 6 heteroatoms. The molecule has 1 rings (SSSR count). The number of aryl methyl sites for hydroxylation is 1. The summed E-state index contributed by atoms with van der Waals surface area (Å²) in [6, 6.07) is 3.16. The van der Waals surface area contributed by atoms with Crippen molar-refractivity contribution in [2.24, 2.45) is 0 Å². The summed E-state index contributed by atoms with van der Waals surface area (Å²) in [4.78, 5) is 13.2. The lowest BCUT2D eigenvalue weighted by Gasteiger charge is -2.20. The van der Waals surface area contributed by atoms with Gasteiger partial charge in [-0.1, -0.05) is 0 Å². The van der Waals surface area contributed by atoms with Crippen molar-refractivity contribution in [3.8, 4) is 0 Å². The van der Waals surface area contributed by atoms with Crippen LogP contribution in [0, 0.1) is 11.6 Å². The Bertz CT molecular complexity index is 454. The smallest absolute Gasteiger partial charge is 0.222 e. The molecule has 1 aromatic carbocycles. The molecule has 1 unspecified atom stereocenters. The number of hydrogen-bond acceptors (Lipinski definition) is 3. The summed E-state index contributed by atoms with van der Waals surface area (Å²) in [5.41, 5.74) is 0.171. The average Bonchev–Trinajstić information content (AvgIpc) is 2.39. The normalized spacial score (nSPS) is 12.2. The summed E-state index contributed by atoms with van der Waals surface area (Å²) in [6.07, 6.45) is -0.594. The van der Waals surface area contributed by atoms with Crippen molar-refractivity contribution in [1.82, 2.24) is 4.90 Å². The SMILES string of the molecule is COCC(O)CN(C)C(=O)CCc1cc(F)ccc1F. The van der Waals surface area contributed by atoms with Crippen LogP contribution in [0.15, 0.2) is 18.2 Å². The van der Waals surface area contributed by atoms with Crippen LogP contribution < -0.4 is 0 Å². The first kappa shape index (κ1) is 16.5. The van der Waals surface area contributed by atoms with Crippen molar-refractivity contribution in [2.75, 3.05) is 27.3 Å². The van der Waals surface area contributed by atoms with Gasteiger partial charge in [0, 0.05) is 27.1 Å². The monoisotopic (exact) mass is 287 g/mol. The van der Waals surface area contributed by atoms with Gasteiger partial charge in [0.25, 0.3) is 0 Å². The molecular weight excluding hydrogens is 268 g/mol. The van der Waals surface area contributed by atoms with Crippen LogP contribution in [0.25, 0.3) is 0 Å². The first-order valence-electron chi connectivity index (χ1n) is 6.29. The Labute approximate surface area is 117 Å². The van der Waals surface area contributed by atoms with E-state index in [2.05, 4.69) is 0 Å². The molecule has 0 saturated carbocycles. The van der Waals surface area contributed by atoms with Gasteiger partial charge in [0.1, 0.15) is 11.6 Å². The number of hydrogen-bond donors (Lipinski definition) is 1. The highest BCUT2D eigenvalue weighted by Crippen LogP contribution is 2.12. The van der Waals surface area contributed by atoms with E-state index < -0.39 is 17.7 Å². The molecule has 0 bridgehead atoms. The fourth-order valence-corrected chi connectivity index (χ4v) is 1.83. The van der Waals surface area contributed by atoms with E-state index in [0.29, 0.717) is 0 Å². The minimum atomic E-state index is -0.764. The molecule has 20 heavy (non-hydrogen) atoms. The van der Waals surface area contributed by atoms with Gasteiger partial charge in [0.05, 0.1) is 12.7 Å². The third-order valence-corrected chi connectivity index (χ3v) is 2.89. The average molecular weight is 287 g/mol. The highest BCUT2D eigenvalue weighted by Gasteiger charge is 2.14. The van der Waals surface area contributed by atoms with E-state index in [1.165, 1.54) is 12.0 Å². The first-order chi connectivity index (χ1) is 9.43. The number of rotatable bonds is 7. The van der Waals surface area contributed by atoms with Gasteiger partial charge in [-0.15, -0.1) is 0 Å². The lowest BCUT2D eigenvalue weighted by Crippen LogP contribution is -2.36. The molecule has 0 saturated heterocycles. The van der Waals surface area contributed by atoms with Crippen LogP contribution in [0.3, 0.4) is 0 Å². The second-order valence-corrected chi connectivity index (χ2v) is 4.62. The summed E-state index contributed by atoms with van der Waals surface area (Å²) in [5.74, 6) is -1.30. The van der Waals surface area contributed by atoms with Crippen LogP contribution in [0.4, 0.5) is 8.78 Å². The molecule has 1 amide bonds. The number of carbonyl (C=O) groups excluding carboxylic acids is 1. The zero-order valence-corrected chi connectivity index (χ0v) is 11.6. The maximum Gasteiger partial charge on any atom is 0.222 e. The Morgan fingerprint density at radius 3 is 2.80 bits per heavy atom. The molecule has 1 aromatic rings. The Kier molecular flexibility index (Phi) is 6.54. The van der Waals surface area contributed by atoms with Crippen molar-refractivity contribution >= 4 is 5.91 Å². The topological polar surface area (TPSA) is 49.8 Å². The van der Waals surface area contributed by atoms with Crippen LogP contribution in [0.5, 0.6) is 0 Å². The van der Waals surface area contributed by atoms with Gasteiger partial charge >= 0.3 is 0 Å². The third kappa shape index (κ3) is 5.22. The molecule has 0 spiro atoms. The molecule has 0 heterocycles. The van der Waals surface area contributed by atoms with E-state index in [1.807, 2.05) is 0 Å². The summed E-state index contributed by atoms with van der Waals surface area (Å²) in [5, 5.41) is 9.51. The number of aliphatic hydroxyl groups is 1. The second kappa shape index (κ2) is 7.91. The Morgan fingerprint density at radius 1 is 1.45 bits per heavy atom. The number of halogens is 2. The first-order valence-corrected chi connectivity index (χ1v) is 6.29. The van der Waals surface area contributed by atoms with E-state index in [4.69, 9.17) is 4.74 Å². The number of nitrogens with zero attached hydrogens (tertiary/aromatic N) is 1. The van der Waals surface area contributed by atoms with Gasteiger partial charge in [0.2, 0.25) is 5.91 Å². The Hall–Kier alpha value is -1.53. The predicted molar refractivity (Wildman–Crippen MR) is 70.2 cm³/mol. The molecule has 1 atom stereocenters. The zero-order valence-electron chi connectivity index (χ0n) is 11.6. The van der Waals surface area contributed by atoms with Crippen LogP contribution in [-0.4, -0.2) is 49.3 Å². The highest BCUT2D eigenvalue weighted by atomic mass is 19.1. The van der Waals surface area contributed by atoms with Gasteiger partial charge in [-0.3, -0.25) is 4.79 Å². The van der Waals surface area contributed by atoms with Gasteiger partial charge in [-0.2, -0.15) is 0 Å². The number of aliphatic hydroxyl groups excluding tert-OH is 1. The molecule has 4 nitrogen and oxygen atoms in total. The second-order valence-electron chi connectivity index (χ2n) is 4.62. The van der Waals surface area contributed by atoms with Gasteiger partial charge in [-0.05, 0) is 30.2 Å². The highest BCUT2D eigenvalue weighted by molar-refractivity contribution is 5.76. The van der Waals surface area contributed by atoms with Crippen molar-refractivity contribution in [3.63, 3.8) is 0 Å². The van der Waals surface area contributed by atoms with E-state index in [1.54, 1.807) is 7.05 Å². The summed E-state index contributed by atoms with van der Waals surface area (Å²) >= 11 is 0. The van der Waals surface area contributed by atoms with Crippen molar-refractivity contribution < 1.29 is 23.4 Å².